The zero-order valence-corrected chi connectivity index (χ0v) is 12.5. The van der Waals surface area contributed by atoms with Gasteiger partial charge in [0.2, 0.25) is 0 Å². The van der Waals surface area contributed by atoms with Crippen LogP contribution in [0.4, 0.5) is 0 Å². The molecular weight excluding hydrogens is 222 g/mol. The summed E-state index contributed by atoms with van der Waals surface area (Å²) in [6.07, 6.45) is 8.14. The van der Waals surface area contributed by atoms with Gasteiger partial charge in [0.25, 0.3) is 0 Å². The first kappa shape index (κ1) is 14.3. The fourth-order valence-electron chi connectivity index (χ4n) is 3.63. The monoisotopic (exact) mass is 253 g/mol. The smallest absolute Gasteiger partial charge is 0.0223 e. The standard InChI is InChI=1S/C15H31N3/c1-4-9-16-13-7-8-14(11-13)18(3)15-6-5-10-17(2)12-15/h13-16H,4-12H2,1-3H3. The van der Waals surface area contributed by atoms with E-state index in [9.17, 15) is 0 Å². The normalized spacial score (nSPS) is 34.3. The molecule has 2 aliphatic rings. The van der Waals surface area contributed by atoms with Gasteiger partial charge in [0.05, 0.1) is 0 Å². The molecule has 18 heavy (non-hydrogen) atoms. The minimum absolute atomic E-state index is 0.777. The Morgan fingerprint density at radius 2 is 2.06 bits per heavy atom. The Labute approximate surface area is 113 Å². The lowest BCUT2D eigenvalue weighted by atomic mass is 10.0. The van der Waals surface area contributed by atoms with Crippen molar-refractivity contribution in [1.29, 1.82) is 0 Å². The van der Waals surface area contributed by atoms with E-state index in [0.717, 1.165) is 18.1 Å². The molecule has 1 aliphatic carbocycles. The van der Waals surface area contributed by atoms with Crippen LogP contribution in [0.1, 0.15) is 45.4 Å². The van der Waals surface area contributed by atoms with E-state index in [2.05, 4.69) is 36.1 Å². The van der Waals surface area contributed by atoms with Crippen molar-refractivity contribution in [3.8, 4) is 0 Å². The van der Waals surface area contributed by atoms with E-state index in [1.165, 1.54) is 58.2 Å². The molecule has 0 radical (unpaired) electrons. The minimum atomic E-state index is 0.777. The molecule has 3 unspecified atom stereocenters. The second kappa shape index (κ2) is 6.88. The van der Waals surface area contributed by atoms with Crippen LogP contribution in [-0.4, -0.2) is 61.7 Å². The predicted molar refractivity (Wildman–Crippen MR) is 78.0 cm³/mol. The molecule has 1 N–H and O–H groups in total. The third kappa shape index (κ3) is 3.69. The Balaban J connectivity index is 1.77. The summed E-state index contributed by atoms with van der Waals surface area (Å²) in [5, 5.41) is 3.69. The molecule has 0 bridgehead atoms. The van der Waals surface area contributed by atoms with Gasteiger partial charge in [-0.25, -0.2) is 0 Å². The summed E-state index contributed by atoms with van der Waals surface area (Å²) in [6, 6.07) is 2.38. The first-order valence-electron chi connectivity index (χ1n) is 7.84. The van der Waals surface area contributed by atoms with Crippen molar-refractivity contribution in [2.24, 2.45) is 0 Å². The molecule has 1 aliphatic heterocycles. The van der Waals surface area contributed by atoms with Crippen LogP contribution in [0.15, 0.2) is 0 Å². The molecule has 3 heteroatoms. The van der Waals surface area contributed by atoms with Gasteiger partial charge in [-0.1, -0.05) is 6.92 Å². The minimum Gasteiger partial charge on any atom is -0.314 e. The van der Waals surface area contributed by atoms with Gasteiger partial charge < -0.3 is 10.2 Å². The van der Waals surface area contributed by atoms with Crippen molar-refractivity contribution < 1.29 is 0 Å². The van der Waals surface area contributed by atoms with Crippen molar-refractivity contribution in [1.82, 2.24) is 15.1 Å². The maximum absolute atomic E-state index is 3.69. The summed E-state index contributed by atoms with van der Waals surface area (Å²) in [6.45, 7) is 5.99. The van der Waals surface area contributed by atoms with Crippen molar-refractivity contribution in [3.63, 3.8) is 0 Å². The number of nitrogens with zero attached hydrogens (tertiary/aromatic N) is 2. The number of rotatable bonds is 5. The predicted octanol–water partition coefficient (Wildman–Crippen LogP) is 1.93. The Hall–Kier alpha value is -0.120. The Morgan fingerprint density at radius 1 is 1.22 bits per heavy atom. The number of nitrogens with one attached hydrogen (secondary N) is 1. The lowest BCUT2D eigenvalue weighted by Crippen LogP contribution is -2.48. The highest BCUT2D eigenvalue weighted by Gasteiger charge is 2.31. The highest BCUT2D eigenvalue weighted by molar-refractivity contribution is 4.89. The van der Waals surface area contributed by atoms with Crippen LogP contribution < -0.4 is 5.32 Å². The van der Waals surface area contributed by atoms with Crippen LogP contribution in [0.25, 0.3) is 0 Å². The fraction of sp³-hybridized carbons (Fsp3) is 1.00. The molecule has 0 aromatic carbocycles. The quantitative estimate of drug-likeness (QED) is 0.808. The average molecular weight is 253 g/mol. The number of likely N-dealkylation sites (N-methyl/N-ethyl adjacent to an activating group) is 2. The Kier molecular flexibility index (Phi) is 5.46. The van der Waals surface area contributed by atoms with Gasteiger partial charge in [0.15, 0.2) is 0 Å². The average Bonchev–Trinajstić information content (AvgIpc) is 2.84. The first-order chi connectivity index (χ1) is 8.70. The van der Waals surface area contributed by atoms with E-state index in [4.69, 9.17) is 0 Å². The summed E-state index contributed by atoms with van der Waals surface area (Å²) in [5.41, 5.74) is 0. The third-order valence-electron chi connectivity index (χ3n) is 4.84. The molecule has 0 aromatic rings. The highest BCUT2D eigenvalue weighted by atomic mass is 15.2. The zero-order chi connectivity index (χ0) is 13.0. The van der Waals surface area contributed by atoms with Crippen LogP contribution in [0.2, 0.25) is 0 Å². The Bertz CT molecular complexity index is 244. The summed E-state index contributed by atoms with van der Waals surface area (Å²) >= 11 is 0. The van der Waals surface area contributed by atoms with Gasteiger partial charge in [-0.3, -0.25) is 4.90 Å². The molecule has 2 rings (SSSR count). The van der Waals surface area contributed by atoms with E-state index >= 15 is 0 Å². The lowest BCUT2D eigenvalue weighted by Gasteiger charge is -2.39. The largest absolute Gasteiger partial charge is 0.314 e. The summed E-state index contributed by atoms with van der Waals surface area (Å²) < 4.78 is 0. The lowest BCUT2D eigenvalue weighted by molar-refractivity contribution is 0.0995. The SMILES string of the molecule is CCCNC1CCC(N(C)C2CCCN(C)C2)C1. The van der Waals surface area contributed by atoms with E-state index in [0.29, 0.717) is 0 Å². The molecule has 0 aromatic heterocycles. The summed E-state index contributed by atoms with van der Waals surface area (Å²) in [4.78, 5) is 5.18. The number of piperidine rings is 1. The van der Waals surface area contributed by atoms with Gasteiger partial charge in [0.1, 0.15) is 0 Å². The van der Waals surface area contributed by atoms with Crippen LogP contribution in [0, 0.1) is 0 Å². The van der Waals surface area contributed by atoms with Gasteiger partial charge in [0, 0.05) is 24.7 Å². The molecule has 106 valence electrons. The van der Waals surface area contributed by atoms with Gasteiger partial charge in [-0.05, 0) is 65.7 Å². The number of likely N-dealkylation sites (tertiary alicyclic amines) is 1. The van der Waals surface area contributed by atoms with Crippen LogP contribution in [0.3, 0.4) is 0 Å². The van der Waals surface area contributed by atoms with Crippen LogP contribution in [0.5, 0.6) is 0 Å². The van der Waals surface area contributed by atoms with Crippen molar-refractivity contribution in [2.45, 2.75) is 63.6 Å². The summed E-state index contributed by atoms with van der Waals surface area (Å²) in [5.74, 6) is 0. The molecule has 3 atom stereocenters. The van der Waals surface area contributed by atoms with Crippen LogP contribution >= 0.6 is 0 Å². The molecule has 3 nitrogen and oxygen atoms in total. The number of hydrogen-bond acceptors (Lipinski definition) is 3. The topological polar surface area (TPSA) is 18.5 Å². The fourth-order valence-corrected chi connectivity index (χ4v) is 3.63. The van der Waals surface area contributed by atoms with Gasteiger partial charge in [-0.2, -0.15) is 0 Å². The molecule has 1 heterocycles. The van der Waals surface area contributed by atoms with Crippen molar-refractivity contribution in [3.05, 3.63) is 0 Å². The second-order valence-electron chi connectivity index (χ2n) is 6.34. The first-order valence-corrected chi connectivity index (χ1v) is 7.84. The maximum atomic E-state index is 3.69. The van der Waals surface area contributed by atoms with E-state index in [1.807, 2.05) is 0 Å². The van der Waals surface area contributed by atoms with Gasteiger partial charge >= 0.3 is 0 Å². The maximum Gasteiger partial charge on any atom is 0.0223 e. The second-order valence-corrected chi connectivity index (χ2v) is 6.34. The molecule has 0 amide bonds. The molecular formula is C15H31N3. The summed E-state index contributed by atoms with van der Waals surface area (Å²) in [7, 11) is 4.62. The molecule has 0 spiro atoms. The van der Waals surface area contributed by atoms with E-state index in [1.54, 1.807) is 0 Å². The number of hydrogen-bond donors (Lipinski definition) is 1. The van der Waals surface area contributed by atoms with Crippen molar-refractivity contribution in [2.75, 3.05) is 33.7 Å². The molecule has 1 saturated heterocycles. The van der Waals surface area contributed by atoms with E-state index in [-0.39, 0.29) is 0 Å². The Morgan fingerprint density at radius 3 is 2.78 bits per heavy atom. The highest BCUT2D eigenvalue weighted by Crippen LogP contribution is 2.27. The van der Waals surface area contributed by atoms with Crippen molar-refractivity contribution >= 4 is 0 Å². The van der Waals surface area contributed by atoms with Crippen LogP contribution in [-0.2, 0) is 0 Å². The van der Waals surface area contributed by atoms with Gasteiger partial charge in [-0.15, -0.1) is 0 Å². The molecule has 2 fully saturated rings. The zero-order valence-electron chi connectivity index (χ0n) is 12.5. The third-order valence-corrected chi connectivity index (χ3v) is 4.84. The molecule has 1 saturated carbocycles. The van der Waals surface area contributed by atoms with E-state index < -0.39 is 0 Å².